The van der Waals surface area contributed by atoms with Crippen molar-refractivity contribution in [3.05, 3.63) is 53.1 Å². The molecule has 1 N–H and O–H groups in total. The van der Waals surface area contributed by atoms with Crippen LogP contribution >= 0.6 is 11.6 Å². The van der Waals surface area contributed by atoms with E-state index < -0.39 is 12.1 Å². The van der Waals surface area contributed by atoms with Crippen LogP contribution in [0.4, 0.5) is 24.5 Å². The summed E-state index contributed by atoms with van der Waals surface area (Å²) in [5, 5.41) is 3.21. The normalized spacial score (nSPS) is 14.4. The number of hydrogen-bond donors (Lipinski definition) is 1. The summed E-state index contributed by atoms with van der Waals surface area (Å²) in [4.78, 5) is 26.8. The van der Waals surface area contributed by atoms with E-state index in [0.717, 1.165) is 4.90 Å². The number of anilines is 2. The Morgan fingerprint density at radius 2 is 1.81 bits per heavy atom. The van der Waals surface area contributed by atoms with E-state index in [1.54, 1.807) is 42.5 Å². The number of benzene rings is 2. The molecule has 0 atom stereocenters. The van der Waals surface area contributed by atoms with Crippen LogP contribution in [-0.2, 0) is 4.79 Å². The Morgan fingerprint density at radius 1 is 1.10 bits per heavy atom. The topological polar surface area (TPSA) is 61.9 Å². The Hall–Kier alpha value is -2.94. The molecule has 1 aliphatic rings. The van der Waals surface area contributed by atoms with Crippen molar-refractivity contribution in [1.82, 2.24) is 4.90 Å². The van der Waals surface area contributed by atoms with Crippen molar-refractivity contribution in [2.24, 2.45) is 0 Å². The molecule has 1 fully saturated rings. The van der Waals surface area contributed by atoms with Crippen LogP contribution in [0.5, 0.6) is 5.75 Å². The minimum Gasteiger partial charge on any atom is -0.494 e. The average molecular weight is 456 g/mol. The number of nitrogens with one attached hydrogen (secondary N) is 1. The number of hydrogen-bond acceptors (Lipinski definition) is 4. The van der Waals surface area contributed by atoms with Crippen LogP contribution in [0, 0.1) is 0 Å². The van der Waals surface area contributed by atoms with Crippen LogP contribution in [0.3, 0.4) is 0 Å². The number of ether oxygens (including phenoxy) is 1. The van der Waals surface area contributed by atoms with Crippen molar-refractivity contribution in [3.8, 4) is 5.75 Å². The number of alkyl halides is 3. The lowest BCUT2D eigenvalue weighted by Gasteiger charge is -2.37. The van der Waals surface area contributed by atoms with Crippen molar-refractivity contribution >= 4 is 34.8 Å². The van der Waals surface area contributed by atoms with Crippen molar-refractivity contribution in [1.29, 1.82) is 0 Å². The predicted molar refractivity (Wildman–Crippen MR) is 112 cm³/mol. The molecule has 2 aromatic rings. The van der Waals surface area contributed by atoms with Gasteiger partial charge in [-0.25, -0.2) is 0 Å². The van der Waals surface area contributed by atoms with E-state index in [1.807, 2.05) is 11.8 Å². The summed E-state index contributed by atoms with van der Waals surface area (Å²) in [6.45, 7) is 2.52. The fraction of sp³-hybridized carbons (Fsp3) is 0.333. The van der Waals surface area contributed by atoms with Gasteiger partial charge in [-0.1, -0.05) is 17.7 Å². The Balaban J connectivity index is 1.75. The largest absolute Gasteiger partial charge is 0.494 e. The molecule has 0 saturated carbocycles. The van der Waals surface area contributed by atoms with E-state index in [9.17, 15) is 22.8 Å². The zero-order chi connectivity index (χ0) is 22.6. The van der Waals surface area contributed by atoms with Crippen LogP contribution in [0.25, 0.3) is 0 Å². The molecule has 0 unspecified atom stereocenters. The lowest BCUT2D eigenvalue weighted by molar-refractivity contribution is -0.185. The molecule has 31 heavy (non-hydrogen) atoms. The molecule has 0 spiro atoms. The number of piperazine rings is 1. The first-order chi connectivity index (χ1) is 14.7. The minimum absolute atomic E-state index is 0.0786. The van der Waals surface area contributed by atoms with Crippen molar-refractivity contribution in [2.45, 2.75) is 13.1 Å². The minimum atomic E-state index is -4.89. The van der Waals surface area contributed by atoms with Gasteiger partial charge in [0.15, 0.2) is 0 Å². The molecule has 3 rings (SSSR count). The van der Waals surface area contributed by atoms with Gasteiger partial charge in [-0.05, 0) is 43.3 Å². The second kappa shape index (κ2) is 9.47. The molecule has 2 aromatic carbocycles. The molecule has 0 aromatic heterocycles. The van der Waals surface area contributed by atoms with Gasteiger partial charge >= 0.3 is 12.1 Å². The van der Waals surface area contributed by atoms with Gasteiger partial charge in [0.1, 0.15) is 5.75 Å². The standard InChI is InChI=1S/C21H21ClF3N3O3/c1-2-31-16-5-3-4-14(12-16)19(29)26-17-13-15(22)6-7-18(17)27-8-10-28(11-9-27)20(30)21(23,24)25/h3-7,12-13H,2,8-11H2,1H3,(H,26,29). The molecule has 0 aliphatic carbocycles. The maximum Gasteiger partial charge on any atom is 0.471 e. The fourth-order valence-corrected chi connectivity index (χ4v) is 3.47. The van der Waals surface area contributed by atoms with Gasteiger partial charge in [0, 0.05) is 36.8 Å². The number of nitrogens with zero attached hydrogens (tertiary/aromatic N) is 2. The van der Waals surface area contributed by atoms with Crippen LogP contribution in [-0.4, -0.2) is 55.7 Å². The summed E-state index contributed by atoms with van der Waals surface area (Å²) in [6.07, 6.45) is -4.89. The summed E-state index contributed by atoms with van der Waals surface area (Å²) in [7, 11) is 0. The van der Waals surface area contributed by atoms with Crippen molar-refractivity contribution in [2.75, 3.05) is 43.0 Å². The summed E-state index contributed by atoms with van der Waals surface area (Å²) < 4.78 is 43.4. The molecular weight excluding hydrogens is 435 g/mol. The zero-order valence-corrected chi connectivity index (χ0v) is 17.5. The number of halogens is 4. The van der Waals surface area contributed by atoms with Crippen LogP contribution in [0.15, 0.2) is 42.5 Å². The molecule has 0 bridgehead atoms. The van der Waals surface area contributed by atoms with Crippen LogP contribution < -0.4 is 15.0 Å². The Kier molecular flexibility index (Phi) is 6.94. The summed E-state index contributed by atoms with van der Waals surface area (Å²) in [6, 6.07) is 11.6. The Morgan fingerprint density at radius 3 is 2.45 bits per heavy atom. The third-order valence-corrected chi connectivity index (χ3v) is 5.00. The molecule has 6 nitrogen and oxygen atoms in total. The van der Waals surface area contributed by atoms with Crippen LogP contribution in [0.2, 0.25) is 5.02 Å². The van der Waals surface area contributed by atoms with Gasteiger partial charge in [0.2, 0.25) is 0 Å². The highest BCUT2D eigenvalue weighted by Gasteiger charge is 2.43. The predicted octanol–water partition coefficient (Wildman–Crippen LogP) is 4.20. The first-order valence-corrected chi connectivity index (χ1v) is 10.0. The summed E-state index contributed by atoms with van der Waals surface area (Å²) in [5.74, 6) is -1.66. The van der Waals surface area contributed by atoms with Gasteiger partial charge in [0.05, 0.1) is 18.0 Å². The van der Waals surface area contributed by atoms with Gasteiger partial charge in [0.25, 0.3) is 5.91 Å². The molecule has 0 radical (unpaired) electrons. The molecule has 166 valence electrons. The lowest BCUT2D eigenvalue weighted by Crippen LogP contribution is -2.52. The molecule has 1 saturated heterocycles. The maximum atomic E-state index is 12.8. The second-order valence-electron chi connectivity index (χ2n) is 6.85. The quantitative estimate of drug-likeness (QED) is 0.734. The smallest absolute Gasteiger partial charge is 0.471 e. The average Bonchev–Trinajstić information content (AvgIpc) is 2.73. The van der Waals surface area contributed by atoms with E-state index in [4.69, 9.17) is 16.3 Å². The SMILES string of the molecule is CCOc1cccc(C(=O)Nc2cc(Cl)ccc2N2CCN(C(=O)C(F)(F)F)CC2)c1. The summed E-state index contributed by atoms with van der Waals surface area (Å²) in [5.41, 5.74) is 1.42. The third kappa shape index (κ3) is 5.61. The first-order valence-electron chi connectivity index (χ1n) is 9.64. The van der Waals surface area contributed by atoms with E-state index in [2.05, 4.69) is 5.32 Å². The monoisotopic (exact) mass is 455 g/mol. The second-order valence-corrected chi connectivity index (χ2v) is 7.29. The lowest BCUT2D eigenvalue weighted by atomic mass is 10.1. The third-order valence-electron chi connectivity index (χ3n) is 4.76. The van der Waals surface area contributed by atoms with Gasteiger partial charge in [-0.2, -0.15) is 13.2 Å². The number of amides is 2. The van der Waals surface area contributed by atoms with E-state index in [0.29, 0.717) is 34.3 Å². The van der Waals surface area contributed by atoms with Gasteiger partial charge < -0.3 is 19.9 Å². The zero-order valence-electron chi connectivity index (χ0n) is 16.7. The molecule has 10 heteroatoms. The Labute approximate surface area is 182 Å². The molecular formula is C21H21ClF3N3O3. The number of carbonyl (C=O) groups is 2. The Bertz CT molecular complexity index is 960. The van der Waals surface area contributed by atoms with Gasteiger partial charge in [-0.3, -0.25) is 9.59 Å². The van der Waals surface area contributed by atoms with Gasteiger partial charge in [-0.15, -0.1) is 0 Å². The van der Waals surface area contributed by atoms with E-state index >= 15 is 0 Å². The molecule has 1 heterocycles. The van der Waals surface area contributed by atoms with Crippen molar-refractivity contribution < 1.29 is 27.5 Å². The summed E-state index contributed by atoms with van der Waals surface area (Å²) >= 11 is 6.10. The van der Waals surface area contributed by atoms with E-state index in [-0.39, 0.29) is 32.1 Å². The van der Waals surface area contributed by atoms with Crippen LogP contribution in [0.1, 0.15) is 17.3 Å². The highest BCUT2D eigenvalue weighted by atomic mass is 35.5. The molecule has 1 aliphatic heterocycles. The first kappa shape index (κ1) is 22.7. The highest BCUT2D eigenvalue weighted by molar-refractivity contribution is 6.31. The fourth-order valence-electron chi connectivity index (χ4n) is 3.30. The number of rotatable bonds is 5. The number of carbonyl (C=O) groups excluding carboxylic acids is 2. The highest BCUT2D eigenvalue weighted by Crippen LogP contribution is 2.31. The maximum absolute atomic E-state index is 12.8. The molecule has 2 amide bonds. The van der Waals surface area contributed by atoms with Crippen molar-refractivity contribution in [3.63, 3.8) is 0 Å². The van der Waals surface area contributed by atoms with E-state index in [1.165, 1.54) is 0 Å².